The van der Waals surface area contributed by atoms with Crippen LogP contribution in [0, 0.1) is 5.41 Å². The van der Waals surface area contributed by atoms with Gasteiger partial charge in [-0.25, -0.2) is 9.59 Å². The zero-order chi connectivity index (χ0) is 25.6. The van der Waals surface area contributed by atoms with Crippen LogP contribution in [0.1, 0.15) is 33.6 Å². The fourth-order valence-electron chi connectivity index (χ4n) is 5.11. The summed E-state index contributed by atoms with van der Waals surface area (Å²) < 4.78 is 15.0. The lowest BCUT2D eigenvalue weighted by Crippen LogP contribution is -2.61. The van der Waals surface area contributed by atoms with Crippen LogP contribution in [0.3, 0.4) is 0 Å². The summed E-state index contributed by atoms with van der Waals surface area (Å²) in [6.45, 7) is 17.0. The first kappa shape index (κ1) is 25.8. The molecule has 0 saturated carbocycles. The van der Waals surface area contributed by atoms with Crippen LogP contribution in [0.25, 0.3) is 11.0 Å². The summed E-state index contributed by atoms with van der Waals surface area (Å²) in [6.07, 6.45) is 1.74. The first-order valence-electron chi connectivity index (χ1n) is 12.8. The molecule has 2 aliphatic heterocycles. The van der Waals surface area contributed by atoms with E-state index < -0.39 is 13.7 Å². The van der Waals surface area contributed by atoms with E-state index in [0.717, 1.165) is 61.8 Å². The number of anilines is 1. The Morgan fingerprint density at radius 1 is 1.11 bits per heavy atom. The Bertz CT molecular complexity index is 1130. The fraction of sp³-hybridized carbons (Fsp3) is 0.692. The van der Waals surface area contributed by atoms with Crippen molar-refractivity contribution in [3.63, 3.8) is 0 Å². The number of likely N-dealkylation sites (tertiary alicyclic amines) is 1. The number of aryl methyl sites for hydroxylation is 1. The van der Waals surface area contributed by atoms with Crippen LogP contribution in [0.2, 0.25) is 25.7 Å². The highest BCUT2D eigenvalue weighted by Crippen LogP contribution is 2.44. The van der Waals surface area contributed by atoms with E-state index in [0.29, 0.717) is 6.61 Å². The van der Waals surface area contributed by atoms with Crippen LogP contribution in [-0.2, 0) is 23.3 Å². The molecule has 4 rings (SSSR count). The molecule has 1 spiro atoms. The Morgan fingerprint density at radius 3 is 2.37 bits per heavy atom. The maximum Gasteiger partial charge on any atom is 0.410 e. The minimum absolute atomic E-state index is 0.0404. The van der Waals surface area contributed by atoms with Gasteiger partial charge in [0.2, 0.25) is 0 Å². The molecule has 1 aromatic heterocycles. The second-order valence-corrected chi connectivity index (χ2v) is 18.2. The summed E-state index contributed by atoms with van der Waals surface area (Å²) >= 11 is 0. The van der Waals surface area contributed by atoms with Crippen molar-refractivity contribution in [3.05, 3.63) is 28.7 Å². The zero-order valence-corrected chi connectivity index (χ0v) is 23.5. The lowest BCUT2D eigenvalue weighted by Gasteiger charge is -2.55. The molecule has 0 N–H and O–H groups in total. The number of imidazole rings is 1. The molecule has 2 aliphatic rings. The summed E-state index contributed by atoms with van der Waals surface area (Å²) in [5.74, 6) is 0. The van der Waals surface area contributed by atoms with Gasteiger partial charge in [0.1, 0.15) is 12.3 Å². The lowest BCUT2D eigenvalue weighted by atomic mass is 9.72. The monoisotopic (exact) mass is 502 g/mol. The van der Waals surface area contributed by atoms with Gasteiger partial charge in [-0.1, -0.05) is 25.7 Å². The van der Waals surface area contributed by atoms with Gasteiger partial charge in [-0.15, -0.1) is 0 Å². The van der Waals surface area contributed by atoms with Gasteiger partial charge in [-0.2, -0.15) is 0 Å². The summed E-state index contributed by atoms with van der Waals surface area (Å²) in [5, 5.41) is 0. The van der Waals surface area contributed by atoms with Crippen molar-refractivity contribution in [1.29, 1.82) is 0 Å². The third kappa shape index (κ3) is 5.61. The zero-order valence-electron chi connectivity index (χ0n) is 22.5. The van der Waals surface area contributed by atoms with Crippen molar-refractivity contribution < 1.29 is 14.3 Å². The van der Waals surface area contributed by atoms with Crippen molar-refractivity contribution in [2.24, 2.45) is 12.5 Å². The van der Waals surface area contributed by atoms with E-state index in [1.807, 2.05) is 44.9 Å². The Kier molecular flexibility index (Phi) is 6.87. The average Bonchev–Trinajstić information content (AvgIpc) is 2.98. The average molecular weight is 503 g/mol. The third-order valence-corrected chi connectivity index (χ3v) is 8.93. The third-order valence-electron chi connectivity index (χ3n) is 7.22. The summed E-state index contributed by atoms with van der Waals surface area (Å²) in [4.78, 5) is 29.7. The van der Waals surface area contributed by atoms with Gasteiger partial charge in [0.05, 0.1) is 16.7 Å². The molecule has 0 aliphatic carbocycles. The van der Waals surface area contributed by atoms with Gasteiger partial charge < -0.3 is 19.3 Å². The number of carbonyl (C=O) groups is 1. The smallest absolute Gasteiger partial charge is 0.410 e. The molecule has 0 bridgehead atoms. The van der Waals surface area contributed by atoms with Gasteiger partial charge in [0.15, 0.2) is 0 Å². The number of hydrogen-bond acceptors (Lipinski definition) is 5. The van der Waals surface area contributed by atoms with Crippen LogP contribution >= 0.6 is 0 Å². The molecule has 0 atom stereocenters. The molecule has 0 unspecified atom stereocenters. The summed E-state index contributed by atoms with van der Waals surface area (Å²) in [6, 6.07) is 7.24. The normalized spacial score (nSPS) is 18.3. The van der Waals surface area contributed by atoms with Gasteiger partial charge in [0, 0.05) is 53.3 Å². The quantitative estimate of drug-likeness (QED) is 0.430. The van der Waals surface area contributed by atoms with Gasteiger partial charge >= 0.3 is 11.8 Å². The predicted molar refractivity (Wildman–Crippen MR) is 143 cm³/mol. The molecule has 1 aromatic carbocycles. The van der Waals surface area contributed by atoms with E-state index in [2.05, 4.69) is 30.6 Å². The van der Waals surface area contributed by atoms with Gasteiger partial charge in [-0.3, -0.25) is 9.13 Å². The van der Waals surface area contributed by atoms with E-state index in [4.69, 9.17) is 9.47 Å². The Hall–Kier alpha value is -2.26. The number of amides is 1. The Balaban J connectivity index is 1.42. The number of benzene rings is 1. The molecule has 3 heterocycles. The molecule has 1 amide bonds. The molecule has 2 aromatic rings. The lowest BCUT2D eigenvalue weighted by molar-refractivity contribution is 0.00600. The van der Waals surface area contributed by atoms with Crippen LogP contribution in [-0.4, -0.2) is 66.6 Å². The van der Waals surface area contributed by atoms with Crippen LogP contribution in [0.4, 0.5) is 10.5 Å². The van der Waals surface area contributed by atoms with E-state index in [1.165, 1.54) is 0 Å². The molecule has 0 radical (unpaired) electrons. The number of ether oxygens (including phenoxy) is 2. The number of hydrogen-bond donors (Lipinski definition) is 0. The maximum absolute atomic E-state index is 13.0. The highest BCUT2D eigenvalue weighted by atomic mass is 28.3. The van der Waals surface area contributed by atoms with Gasteiger partial charge in [-0.05, 0) is 51.8 Å². The molecule has 194 valence electrons. The second-order valence-electron chi connectivity index (χ2n) is 12.6. The SMILES string of the molecule is Cn1c(=O)n(COCC[Si](C)(C)C)c2cccc(N3CC4(CCN(C(=O)OC(C)(C)C)CC4)C3)c21. The van der Waals surface area contributed by atoms with Gasteiger partial charge in [0.25, 0.3) is 0 Å². The van der Waals surface area contributed by atoms with E-state index in [1.54, 1.807) is 9.13 Å². The number of piperidine rings is 1. The standard InChI is InChI=1S/C26H42N4O4Si/c1-25(2,3)34-24(32)28-13-11-26(12-14-28)17-29(18-26)20-9-8-10-21-22(20)27(4)23(31)30(21)19-33-15-16-35(5,6)7/h8-10H,11-19H2,1-7H3. The number of aromatic nitrogens is 2. The Labute approximate surface area is 209 Å². The molecule has 2 fully saturated rings. The highest BCUT2D eigenvalue weighted by molar-refractivity contribution is 6.76. The topological polar surface area (TPSA) is 68.9 Å². The van der Waals surface area contributed by atoms with E-state index in [-0.39, 0.29) is 23.9 Å². The van der Waals surface area contributed by atoms with Crippen LogP contribution in [0.5, 0.6) is 0 Å². The van der Waals surface area contributed by atoms with Crippen molar-refractivity contribution in [2.75, 3.05) is 37.7 Å². The van der Waals surface area contributed by atoms with Crippen molar-refractivity contribution in [2.45, 2.75) is 71.6 Å². The molecule has 2 saturated heterocycles. The second kappa shape index (κ2) is 9.31. The fourth-order valence-corrected chi connectivity index (χ4v) is 5.87. The van der Waals surface area contributed by atoms with E-state index in [9.17, 15) is 9.59 Å². The number of carbonyl (C=O) groups excluding carboxylic acids is 1. The number of nitrogens with zero attached hydrogens (tertiary/aromatic N) is 4. The largest absolute Gasteiger partial charge is 0.444 e. The highest BCUT2D eigenvalue weighted by Gasteiger charge is 2.46. The number of rotatable bonds is 6. The predicted octanol–water partition coefficient (Wildman–Crippen LogP) is 4.49. The van der Waals surface area contributed by atoms with Crippen LogP contribution < -0.4 is 10.6 Å². The first-order valence-corrected chi connectivity index (χ1v) is 16.5. The van der Waals surface area contributed by atoms with Crippen molar-refractivity contribution in [1.82, 2.24) is 14.0 Å². The van der Waals surface area contributed by atoms with E-state index >= 15 is 0 Å². The molecular weight excluding hydrogens is 460 g/mol. The molecular formula is C26H42N4O4Si. The minimum atomic E-state index is -1.17. The summed E-state index contributed by atoms with van der Waals surface area (Å²) in [5.41, 5.74) is 2.70. The Morgan fingerprint density at radius 2 is 1.77 bits per heavy atom. The van der Waals surface area contributed by atoms with Crippen LogP contribution in [0.15, 0.2) is 23.0 Å². The molecule has 35 heavy (non-hydrogen) atoms. The number of fused-ring (bicyclic) bond motifs is 1. The first-order chi connectivity index (χ1) is 16.3. The summed E-state index contributed by atoms with van der Waals surface area (Å²) in [7, 11) is 0.676. The maximum atomic E-state index is 13.0. The minimum Gasteiger partial charge on any atom is -0.444 e. The van der Waals surface area contributed by atoms with Crippen molar-refractivity contribution >= 4 is 30.9 Å². The molecule has 8 nitrogen and oxygen atoms in total. The van der Waals surface area contributed by atoms with Crippen molar-refractivity contribution in [3.8, 4) is 0 Å². The number of para-hydroxylation sites is 1. The molecule has 9 heteroatoms.